The molecular formula is C20H23NO2. The number of nitrogens with zero attached hydrogens (tertiary/aromatic N) is 1. The summed E-state index contributed by atoms with van der Waals surface area (Å²) in [6.07, 6.45) is 2.47. The SMILES string of the molecule is O=C(CCCc1ccccc1)N1CCOC(c2ccccc2)C1. The van der Waals surface area contributed by atoms with Gasteiger partial charge in [-0.15, -0.1) is 0 Å². The predicted molar refractivity (Wildman–Crippen MR) is 91.1 cm³/mol. The number of carbonyl (C=O) groups is 1. The molecule has 0 N–H and O–H groups in total. The van der Waals surface area contributed by atoms with Gasteiger partial charge in [-0.2, -0.15) is 0 Å². The summed E-state index contributed by atoms with van der Waals surface area (Å²) in [6.45, 7) is 1.98. The minimum Gasteiger partial charge on any atom is -0.370 e. The van der Waals surface area contributed by atoms with Crippen LogP contribution in [0.25, 0.3) is 0 Å². The summed E-state index contributed by atoms with van der Waals surface area (Å²) >= 11 is 0. The van der Waals surface area contributed by atoms with E-state index in [0.29, 0.717) is 26.1 Å². The summed E-state index contributed by atoms with van der Waals surface area (Å²) in [5.74, 6) is 0.241. The number of hydrogen-bond donors (Lipinski definition) is 0. The van der Waals surface area contributed by atoms with E-state index >= 15 is 0 Å². The molecule has 23 heavy (non-hydrogen) atoms. The lowest BCUT2D eigenvalue weighted by Crippen LogP contribution is -2.42. The van der Waals surface area contributed by atoms with E-state index in [2.05, 4.69) is 24.3 Å². The Labute approximate surface area is 137 Å². The Kier molecular flexibility index (Phi) is 5.43. The van der Waals surface area contributed by atoms with E-state index in [1.165, 1.54) is 5.56 Å². The van der Waals surface area contributed by atoms with Crippen molar-refractivity contribution in [1.82, 2.24) is 4.90 Å². The van der Waals surface area contributed by atoms with Crippen LogP contribution in [0.5, 0.6) is 0 Å². The van der Waals surface area contributed by atoms with Gasteiger partial charge in [-0.25, -0.2) is 0 Å². The van der Waals surface area contributed by atoms with Crippen molar-refractivity contribution in [2.24, 2.45) is 0 Å². The lowest BCUT2D eigenvalue weighted by Gasteiger charge is -2.33. The van der Waals surface area contributed by atoms with E-state index in [4.69, 9.17) is 4.74 Å². The molecule has 1 saturated heterocycles. The number of amides is 1. The molecule has 0 radical (unpaired) electrons. The molecule has 0 aromatic heterocycles. The van der Waals surface area contributed by atoms with Gasteiger partial charge in [0.1, 0.15) is 6.10 Å². The molecule has 1 heterocycles. The Bertz CT molecular complexity index is 612. The third-order valence-electron chi connectivity index (χ3n) is 4.29. The normalized spacial score (nSPS) is 17.9. The lowest BCUT2D eigenvalue weighted by molar-refractivity contribution is -0.139. The molecule has 1 unspecified atom stereocenters. The summed E-state index contributed by atoms with van der Waals surface area (Å²) in [5, 5.41) is 0. The lowest BCUT2D eigenvalue weighted by atomic mass is 10.1. The number of benzene rings is 2. The molecule has 0 spiro atoms. The second-order valence-corrected chi connectivity index (χ2v) is 5.95. The average molecular weight is 309 g/mol. The number of aryl methyl sites for hydroxylation is 1. The zero-order valence-corrected chi connectivity index (χ0v) is 13.4. The molecule has 1 amide bonds. The van der Waals surface area contributed by atoms with Gasteiger partial charge in [-0.05, 0) is 24.0 Å². The number of ether oxygens (including phenoxy) is 1. The van der Waals surface area contributed by atoms with E-state index < -0.39 is 0 Å². The van der Waals surface area contributed by atoms with Gasteiger partial charge in [-0.1, -0.05) is 60.7 Å². The van der Waals surface area contributed by atoms with Crippen LogP contribution < -0.4 is 0 Å². The maximum Gasteiger partial charge on any atom is 0.222 e. The molecule has 1 fully saturated rings. The molecule has 1 aliphatic heterocycles. The van der Waals surface area contributed by atoms with Crippen molar-refractivity contribution >= 4 is 5.91 Å². The van der Waals surface area contributed by atoms with Crippen molar-refractivity contribution in [1.29, 1.82) is 0 Å². The van der Waals surface area contributed by atoms with Gasteiger partial charge < -0.3 is 9.64 Å². The molecule has 3 rings (SSSR count). The number of hydrogen-bond acceptors (Lipinski definition) is 2. The van der Waals surface area contributed by atoms with Gasteiger partial charge in [-0.3, -0.25) is 4.79 Å². The highest BCUT2D eigenvalue weighted by atomic mass is 16.5. The molecule has 0 saturated carbocycles. The minimum atomic E-state index is 0.00280. The van der Waals surface area contributed by atoms with E-state index in [9.17, 15) is 4.79 Å². The van der Waals surface area contributed by atoms with E-state index in [1.807, 2.05) is 41.3 Å². The zero-order chi connectivity index (χ0) is 15.9. The smallest absolute Gasteiger partial charge is 0.222 e. The summed E-state index contributed by atoms with van der Waals surface area (Å²) in [4.78, 5) is 14.4. The Hall–Kier alpha value is -2.13. The maximum absolute atomic E-state index is 12.4. The van der Waals surface area contributed by atoms with Crippen molar-refractivity contribution in [3.8, 4) is 0 Å². The fourth-order valence-electron chi connectivity index (χ4n) is 2.99. The third kappa shape index (κ3) is 4.42. The highest BCUT2D eigenvalue weighted by molar-refractivity contribution is 5.76. The topological polar surface area (TPSA) is 29.5 Å². The fraction of sp³-hybridized carbons (Fsp3) is 0.350. The zero-order valence-electron chi connectivity index (χ0n) is 13.4. The number of morpholine rings is 1. The molecule has 1 aliphatic rings. The predicted octanol–water partition coefficient (Wildman–Crippen LogP) is 3.61. The molecule has 3 heteroatoms. The van der Waals surface area contributed by atoms with Crippen molar-refractivity contribution < 1.29 is 9.53 Å². The molecule has 0 aliphatic carbocycles. The summed E-state index contributed by atoms with van der Waals surface area (Å²) < 4.78 is 5.82. The first-order chi connectivity index (χ1) is 11.3. The molecule has 2 aromatic carbocycles. The first kappa shape index (κ1) is 15.8. The Balaban J connectivity index is 1.49. The number of carbonyl (C=O) groups excluding carboxylic acids is 1. The van der Waals surface area contributed by atoms with Crippen LogP contribution in [0.2, 0.25) is 0 Å². The van der Waals surface area contributed by atoms with Crippen molar-refractivity contribution in [2.45, 2.75) is 25.4 Å². The summed E-state index contributed by atoms with van der Waals surface area (Å²) in [7, 11) is 0. The van der Waals surface area contributed by atoms with Crippen LogP contribution in [0, 0.1) is 0 Å². The molecular weight excluding hydrogens is 286 g/mol. The van der Waals surface area contributed by atoms with Crippen LogP contribution in [0.15, 0.2) is 60.7 Å². The second-order valence-electron chi connectivity index (χ2n) is 5.95. The largest absolute Gasteiger partial charge is 0.370 e. The quantitative estimate of drug-likeness (QED) is 0.844. The Morgan fingerprint density at radius 1 is 1.04 bits per heavy atom. The summed E-state index contributed by atoms with van der Waals surface area (Å²) in [6, 6.07) is 20.5. The number of rotatable bonds is 5. The Morgan fingerprint density at radius 2 is 1.74 bits per heavy atom. The maximum atomic E-state index is 12.4. The van der Waals surface area contributed by atoms with Crippen LogP contribution in [0.1, 0.15) is 30.1 Å². The molecule has 0 bridgehead atoms. The van der Waals surface area contributed by atoms with E-state index in [0.717, 1.165) is 18.4 Å². The average Bonchev–Trinajstić information content (AvgIpc) is 2.63. The van der Waals surface area contributed by atoms with Crippen LogP contribution >= 0.6 is 0 Å². The first-order valence-corrected chi connectivity index (χ1v) is 8.31. The van der Waals surface area contributed by atoms with Gasteiger partial charge in [0.15, 0.2) is 0 Å². The van der Waals surface area contributed by atoms with Gasteiger partial charge >= 0.3 is 0 Å². The standard InChI is InChI=1S/C20H23NO2/c22-20(13-7-10-17-8-3-1-4-9-17)21-14-15-23-19(16-21)18-11-5-2-6-12-18/h1-6,8-9,11-12,19H,7,10,13-16H2. The van der Waals surface area contributed by atoms with Crippen LogP contribution in [0.4, 0.5) is 0 Å². The molecule has 3 nitrogen and oxygen atoms in total. The highest BCUT2D eigenvalue weighted by Gasteiger charge is 2.24. The van der Waals surface area contributed by atoms with Gasteiger partial charge in [0, 0.05) is 13.0 Å². The first-order valence-electron chi connectivity index (χ1n) is 8.31. The van der Waals surface area contributed by atoms with Gasteiger partial charge in [0.2, 0.25) is 5.91 Å². The van der Waals surface area contributed by atoms with Gasteiger partial charge in [0.05, 0.1) is 13.2 Å². The summed E-state index contributed by atoms with van der Waals surface area (Å²) in [5.41, 5.74) is 2.44. The van der Waals surface area contributed by atoms with Crippen molar-refractivity contribution in [3.05, 3.63) is 71.8 Å². The van der Waals surface area contributed by atoms with Crippen LogP contribution in [0.3, 0.4) is 0 Å². The fourth-order valence-corrected chi connectivity index (χ4v) is 2.99. The Morgan fingerprint density at radius 3 is 2.48 bits per heavy atom. The van der Waals surface area contributed by atoms with Crippen molar-refractivity contribution in [3.63, 3.8) is 0 Å². The third-order valence-corrected chi connectivity index (χ3v) is 4.29. The van der Waals surface area contributed by atoms with Crippen molar-refractivity contribution in [2.75, 3.05) is 19.7 Å². The molecule has 2 aromatic rings. The van der Waals surface area contributed by atoms with Crippen LogP contribution in [-0.4, -0.2) is 30.5 Å². The molecule has 120 valence electrons. The van der Waals surface area contributed by atoms with Gasteiger partial charge in [0.25, 0.3) is 0 Å². The van der Waals surface area contributed by atoms with E-state index in [-0.39, 0.29) is 12.0 Å². The van der Waals surface area contributed by atoms with Crippen LogP contribution in [-0.2, 0) is 16.0 Å². The monoisotopic (exact) mass is 309 g/mol. The molecule has 1 atom stereocenters. The van der Waals surface area contributed by atoms with E-state index in [1.54, 1.807) is 0 Å². The minimum absolute atomic E-state index is 0.00280. The second kappa shape index (κ2) is 7.93. The highest BCUT2D eigenvalue weighted by Crippen LogP contribution is 2.22.